The monoisotopic (exact) mass is 410 g/mol. The third-order valence-electron chi connectivity index (χ3n) is 5.46. The summed E-state index contributed by atoms with van der Waals surface area (Å²) in [6.07, 6.45) is 4.11. The van der Waals surface area contributed by atoms with Crippen LogP contribution in [-0.4, -0.2) is 67.8 Å². The SMILES string of the molecule is CCN(CC)[C@H]1CCN(C(=O)c2cc(COc3ccc(-n4cncn4)cc3)on2)C1. The molecule has 0 saturated carbocycles. The van der Waals surface area contributed by atoms with Gasteiger partial charge in [0.25, 0.3) is 5.91 Å². The number of hydrogen-bond donors (Lipinski definition) is 0. The molecule has 30 heavy (non-hydrogen) atoms. The first-order valence-electron chi connectivity index (χ1n) is 10.2. The average Bonchev–Trinajstić information content (AvgIpc) is 3.55. The summed E-state index contributed by atoms with van der Waals surface area (Å²) in [5, 5.41) is 8.04. The van der Waals surface area contributed by atoms with Crippen LogP contribution >= 0.6 is 0 Å². The standard InChI is InChI=1S/C21H26N6O3/c1-3-25(4-2)17-9-10-26(12-17)21(28)20-11-19(30-24-20)13-29-18-7-5-16(6-8-18)27-15-22-14-23-27/h5-8,11,14-15,17H,3-4,9-10,12-13H2,1-2H3/t17-/m0/s1. The molecule has 1 fully saturated rings. The lowest BCUT2D eigenvalue weighted by molar-refractivity contribution is 0.0767. The Labute approximate surface area is 175 Å². The quantitative estimate of drug-likeness (QED) is 0.563. The van der Waals surface area contributed by atoms with E-state index in [1.807, 2.05) is 29.2 Å². The molecule has 0 radical (unpaired) electrons. The second-order valence-corrected chi connectivity index (χ2v) is 7.22. The molecule has 2 aromatic heterocycles. The van der Waals surface area contributed by atoms with E-state index < -0.39 is 0 Å². The summed E-state index contributed by atoms with van der Waals surface area (Å²) in [4.78, 5) is 20.9. The molecule has 0 unspecified atom stereocenters. The zero-order valence-electron chi connectivity index (χ0n) is 17.3. The molecule has 1 atom stereocenters. The van der Waals surface area contributed by atoms with Gasteiger partial charge in [-0.25, -0.2) is 9.67 Å². The van der Waals surface area contributed by atoms with Crippen molar-refractivity contribution in [1.82, 2.24) is 29.7 Å². The normalized spacial score (nSPS) is 16.4. The van der Waals surface area contributed by atoms with Crippen molar-refractivity contribution in [2.45, 2.75) is 32.9 Å². The van der Waals surface area contributed by atoms with Crippen LogP contribution in [0.15, 0.2) is 47.5 Å². The minimum atomic E-state index is -0.0863. The fourth-order valence-corrected chi connectivity index (χ4v) is 3.80. The molecule has 0 spiro atoms. The van der Waals surface area contributed by atoms with Crippen molar-refractivity contribution in [2.24, 2.45) is 0 Å². The van der Waals surface area contributed by atoms with Gasteiger partial charge in [-0.3, -0.25) is 9.69 Å². The van der Waals surface area contributed by atoms with Crippen molar-refractivity contribution in [2.75, 3.05) is 26.2 Å². The molecule has 9 nitrogen and oxygen atoms in total. The number of rotatable bonds is 8. The molecule has 158 valence electrons. The van der Waals surface area contributed by atoms with E-state index in [0.29, 0.717) is 23.2 Å². The van der Waals surface area contributed by atoms with Crippen LogP contribution in [-0.2, 0) is 6.61 Å². The van der Waals surface area contributed by atoms with Crippen LogP contribution < -0.4 is 4.74 Å². The lowest BCUT2D eigenvalue weighted by atomic mass is 10.2. The largest absolute Gasteiger partial charge is 0.486 e. The zero-order chi connectivity index (χ0) is 20.9. The van der Waals surface area contributed by atoms with Crippen LogP contribution in [0.5, 0.6) is 5.75 Å². The molecule has 1 saturated heterocycles. The fourth-order valence-electron chi connectivity index (χ4n) is 3.80. The number of likely N-dealkylation sites (tertiary alicyclic amines) is 1. The second kappa shape index (κ2) is 9.08. The van der Waals surface area contributed by atoms with Crippen molar-refractivity contribution < 1.29 is 14.1 Å². The van der Waals surface area contributed by atoms with Gasteiger partial charge in [0.1, 0.15) is 25.0 Å². The lowest BCUT2D eigenvalue weighted by Crippen LogP contribution is -2.38. The van der Waals surface area contributed by atoms with E-state index in [2.05, 4.69) is 34.0 Å². The van der Waals surface area contributed by atoms with Crippen LogP contribution in [0, 0.1) is 0 Å². The number of aromatic nitrogens is 4. The maximum absolute atomic E-state index is 12.8. The Morgan fingerprint density at radius 2 is 2.07 bits per heavy atom. The maximum atomic E-state index is 12.8. The van der Waals surface area contributed by atoms with Gasteiger partial charge in [-0.2, -0.15) is 5.10 Å². The number of hydrogen-bond acceptors (Lipinski definition) is 7. The average molecular weight is 410 g/mol. The minimum absolute atomic E-state index is 0.0863. The van der Waals surface area contributed by atoms with E-state index in [9.17, 15) is 4.79 Å². The van der Waals surface area contributed by atoms with E-state index in [1.54, 1.807) is 17.1 Å². The molecule has 3 heterocycles. The Kier molecular flexibility index (Phi) is 6.08. The Morgan fingerprint density at radius 1 is 1.27 bits per heavy atom. The Hall–Kier alpha value is -3.20. The Morgan fingerprint density at radius 3 is 2.77 bits per heavy atom. The Balaban J connectivity index is 1.31. The highest BCUT2D eigenvalue weighted by atomic mass is 16.5. The van der Waals surface area contributed by atoms with E-state index in [-0.39, 0.29) is 12.5 Å². The second-order valence-electron chi connectivity index (χ2n) is 7.22. The van der Waals surface area contributed by atoms with Crippen molar-refractivity contribution in [3.63, 3.8) is 0 Å². The van der Waals surface area contributed by atoms with Crippen molar-refractivity contribution >= 4 is 5.91 Å². The number of nitrogens with zero attached hydrogens (tertiary/aromatic N) is 6. The molecule has 1 aliphatic rings. The fraction of sp³-hybridized carbons (Fsp3) is 0.429. The zero-order valence-corrected chi connectivity index (χ0v) is 17.3. The van der Waals surface area contributed by atoms with Gasteiger partial charge in [-0.05, 0) is 43.8 Å². The lowest BCUT2D eigenvalue weighted by Gasteiger charge is -2.25. The number of carbonyl (C=O) groups is 1. The number of carbonyl (C=O) groups excluding carboxylic acids is 1. The topological polar surface area (TPSA) is 89.5 Å². The smallest absolute Gasteiger partial charge is 0.276 e. The highest BCUT2D eigenvalue weighted by molar-refractivity contribution is 5.92. The molecule has 0 N–H and O–H groups in total. The highest BCUT2D eigenvalue weighted by Crippen LogP contribution is 2.19. The highest BCUT2D eigenvalue weighted by Gasteiger charge is 2.31. The third-order valence-corrected chi connectivity index (χ3v) is 5.46. The first-order chi connectivity index (χ1) is 14.7. The van der Waals surface area contributed by atoms with Crippen molar-refractivity contribution in [1.29, 1.82) is 0 Å². The van der Waals surface area contributed by atoms with Gasteiger partial charge in [-0.1, -0.05) is 19.0 Å². The summed E-state index contributed by atoms with van der Waals surface area (Å²) in [5.74, 6) is 1.11. The van der Waals surface area contributed by atoms with Gasteiger partial charge in [0.05, 0.1) is 5.69 Å². The molecule has 0 bridgehead atoms. The maximum Gasteiger partial charge on any atom is 0.276 e. The number of benzene rings is 1. The molecular formula is C21H26N6O3. The van der Waals surface area contributed by atoms with Crippen LogP contribution in [0.3, 0.4) is 0 Å². The van der Waals surface area contributed by atoms with E-state index >= 15 is 0 Å². The summed E-state index contributed by atoms with van der Waals surface area (Å²) in [6.45, 7) is 7.97. The van der Waals surface area contributed by atoms with Crippen molar-refractivity contribution in [3.05, 3.63) is 54.4 Å². The summed E-state index contributed by atoms with van der Waals surface area (Å²) >= 11 is 0. The van der Waals surface area contributed by atoms with Crippen LogP contribution in [0.25, 0.3) is 5.69 Å². The van der Waals surface area contributed by atoms with Crippen molar-refractivity contribution in [3.8, 4) is 11.4 Å². The summed E-state index contributed by atoms with van der Waals surface area (Å²) in [7, 11) is 0. The first-order valence-corrected chi connectivity index (χ1v) is 10.2. The van der Waals surface area contributed by atoms with Crippen LogP contribution in [0.4, 0.5) is 0 Å². The minimum Gasteiger partial charge on any atom is -0.486 e. The summed E-state index contributed by atoms with van der Waals surface area (Å²) in [6, 6.07) is 9.54. The molecule has 4 rings (SSSR count). The van der Waals surface area contributed by atoms with Gasteiger partial charge in [0, 0.05) is 25.2 Å². The number of likely N-dealkylation sites (N-methyl/N-ethyl adjacent to an activating group) is 1. The summed E-state index contributed by atoms with van der Waals surface area (Å²) < 4.78 is 12.7. The molecule has 9 heteroatoms. The first kappa shape index (κ1) is 20.1. The van der Waals surface area contributed by atoms with Gasteiger partial charge < -0.3 is 14.2 Å². The van der Waals surface area contributed by atoms with Crippen LogP contribution in [0.2, 0.25) is 0 Å². The third kappa shape index (κ3) is 4.35. The number of amides is 1. The van der Waals surface area contributed by atoms with Gasteiger partial charge in [0.15, 0.2) is 11.5 Å². The molecule has 1 aliphatic heterocycles. The molecule has 0 aliphatic carbocycles. The van der Waals surface area contributed by atoms with Gasteiger partial charge >= 0.3 is 0 Å². The molecular weight excluding hydrogens is 384 g/mol. The van der Waals surface area contributed by atoms with Gasteiger partial charge in [0.2, 0.25) is 0 Å². The van der Waals surface area contributed by atoms with Crippen LogP contribution in [0.1, 0.15) is 36.5 Å². The molecule has 1 aromatic carbocycles. The summed E-state index contributed by atoms with van der Waals surface area (Å²) in [5.41, 5.74) is 1.22. The van der Waals surface area contributed by atoms with E-state index in [0.717, 1.165) is 38.3 Å². The van der Waals surface area contributed by atoms with E-state index in [1.165, 1.54) is 6.33 Å². The Bertz CT molecular complexity index is 950. The molecule has 3 aromatic rings. The van der Waals surface area contributed by atoms with E-state index in [4.69, 9.17) is 9.26 Å². The molecule has 1 amide bonds. The predicted molar refractivity (Wildman–Crippen MR) is 109 cm³/mol. The number of ether oxygens (including phenoxy) is 1. The predicted octanol–water partition coefficient (Wildman–Crippen LogP) is 2.39. The van der Waals surface area contributed by atoms with Gasteiger partial charge in [-0.15, -0.1) is 0 Å².